The van der Waals surface area contributed by atoms with Gasteiger partial charge in [0.05, 0.1) is 6.04 Å². The predicted octanol–water partition coefficient (Wildman–Crippen LogP) is 2.51. The van der Waals surface area contributed by atoms with E-state index in [1.165, 1.54) is 4.90 Å². The van der Waals surface area contributed by atoms with Gasteiger partial charge in [-0.25, -0.2) is 0 Å². The first-order valence-corrected chi connectivity index (χ1v) is 12.6. The van der Waals surface area contributed by atoms with E-state index in [0.717, 1.165) is 55.0 Å². The zero-order valence-corrected chi connectivity index (χ0v) is 19.8. The van der Waals surface area contributed by atoms with Gasteiger partial charge in [0, 0.05) is 18.9 Å². The Kier molecular flexibility index (Phi) is 8.29. The minimum absolute atomic E-state index is 0.193. The van der Waals surface area contributed by atoms with Crippen LogP contribution >= 0.6 is 0 Å². The fourth-order valence-corrected chi connectivity index (χ4v) is 5.17. The highest BCUT2D eigenvalue weighted by atomic mass is 16.2. The fourth-order valence-electron chi connectivity index (χ4n) is 5.17. The summed E-state index contributed by atoms with van der Waals surface area (Å²) in [5, 5.41) is 8.33. The topological polar surface area (TPSA) is 105 Å². The minimum atomic E-state index is -0.887. The molecule has 0 bridgehead atoms. The lowest BCUT2D eigenvalue weighted by Crippen LogP contribution is -2.58. The van der Waals surface area contributed by atoms with Crippen LogP contribution in [0, 0.1) is 5.92 Å². The van der Waals surface area contributed by atoms with E-state index in [1.54, 1.807) is 0 Å². The Balaban J connectivity index is 1.67. The molecule has 4 rings (SSSR count). The van der Waals surface area contributed by atoms with Crippen molar-refractivity contribution in [3.05, 3.63) is 48.0 Å². The molecular formula is C27H36N4O3. The van der Waals surface area contributed by atoms with E-state index >= 15 is 0 Å². The largest absolute Gasteiger partial charge is 0.354 e. The van der Waals surface area contributed by atoms with Gasteiger partial charge in [0.25, 0.3) is 0 Å². The molecule has 0 spiro atoms. The minimum Gasteiger partial charge on any atom is -0.354 e. The number of carbonyl (C=O) groups excluding carboxylic acids is 3. The van der Waals surface area contributed by atoms with Crippen molar-refractivity contribution in [3.8, 4) is 0 Å². The van der Waals surface area contributed by atoms with E-state index in [0.29, 0.717) is 25.9 Å². The zero-order valence-electron chi connectivity index (χ0n) is 19.8. The number of nitrogens with one attached hydrogen (secondary N) is 2. The maximum atomic E-state index is 13.7. The van der Waals surface area contributed by atoms with Gasteiger partial charge in [0.1, 0.15) is 6.04 Å². The van der Waals surface area contributed by atoms with Gasteiger partial charge in [-0.05, 0) is 61.5 Å². The quantitative estimate of drug-likeness (QED) is 0.391. The number of hydrogen-bond donors (Lipinski definition) is 3. The molecule has 2 aromatic rings. The van der Waals surface area contributed by atoms with Gasteiger partial charge in [-0.3, -0.25) is 19.3 Å². The summed E-state index contributed by atoms with van der Waals surface area (Å²) in [6, 6.07) is 12.8. The second-order valence-corrected chi connectivity index (χ2v) is 9.51. The lowest BCUT2D eigenvalue weighted by atomic mass is 9.97. The standard InChI is InChI=1S/C27H36N4O3/c28-14-6-16-30-25(32)24(18-19-12-13-20-7-1-4-10-22(20)17-19)31(26(33)21-8-2-3-9-21)27(34)23-11-5-15-29-23/h1,4,7,10,12-13,17,21,23-24,29H,2-3,5-6,8-9,11,14-16,18,28H2,(H,30,32)/t23-,24+/m0/s1. The Morgan fingerprint density at radius 1 is 1.00 bits per heavy atom. The molecule has 7 nitrogen and oxygen atoms in total. The van der Waals surface area contributed by atoms with E-state index in [9.17, 15) is 14.4 Å². The highest BCUT2D eigenvalue weighted by molar-refractivity contribution is 6.03. The van der Waals surface area contributed by atoms with Crippen molar-refractivity contribution in [3.63, 3.8) is 0 Å². The first-order valence-electron chi connectivity index (χ1n) is 12.6. The smallest absolute Gasteiger partial charge is 0.247 e. The van der Waals surface area contributed by atoms with Crippen LogP contribution in [0.15, 0.2) is 42.5 Å². The number of fused-ring (bicyclic) bond motifs is 1. The van der Waals surface area contributed by atoms with E-state index in [1.807, 2.05) is 42.5 Å². The van der Waals surface area contributed by atoms with Gasteiger partial charge in [0.2, 0.25) is 17.7 Å². The first kappa shape index (κ1) is 24.4. The summed E-state index contributed by atoms with van der Waals surface area (Å²) in [5.74, 6) is -0.953. The number of carbonyl (C=O) groups is 3. The molecule has 0 unspecified atom stereocenters. The summed E-state index contributed by atoms with van der Waals surface area (Å²) in [7, 11) is 0. The SMILES string of the molecule is NCCCNC(=O)[C@@H](Cc1ccc2ccccc2c1)N(C(=O)C1CCCC1)C(=O)[C@@H]1CCCN1. The van der Waals surface area contributed by atoms with Crippen LogP contribution in [0.4, 0.5) is 0 Å². The number of benzene rings is 2. The van der Waals surface area contributed by atoms with Gasteiger partial charge in [-0.15, -0.1) is 0 Å². The molecule has 182 valence electrons. The predicted molar refractivity (Wildman–Crippen MR) is 133 cm³/mol. The highest BCUT2D eigenvalue weighted by Crippen LogP contribution is 2.29. The number of amides is 3. The van der Waals surface area contributed by atoms with Gasteiger partial charge >= 0.3 is 0 Å². The molecule has 1 heterocycles. The molecule has 4 N–H and O–H groups in total. The third-order valence-electron chi connectivity index (χ3n) is 7.08. The van der Waals surface area contributed by atoms with Crippen LogP contribution in [0.5, 0.6) is 0 Å². The number of rotatable bonds is 9. The van der Waals surface area contributed by atoms with Crippen LogP contribution in [0.3, 0.4) is 0 Å². The summed E-state index contributed by atoms with van der Waals surface area (Å²) in [6.07, 6.45) is 6.02. The number of imide groups is 1. The summed E-state index contributed by atoms with van der Waals surface area (Å²) in [4.78, 5) is 42.1. The second-order valence-electron chi connectivity index (χ2n) is 9.51. The van der Waals surface area contributed by atoms with Crippen LogP contribution in [-0.2, 0) is 20.8 Å². The molecule has 1 saturated heterocycles. The van der Waals surface area contributed by atoms with Crippen molar-refractivity contribution in [2.75, 3.05) is 19.6 Å². The Bertz CT molecular complexity index is 984. The lowest BCUT2D eigenvalue weighted by Gasteiger charge is -2.33. The van der Waals surface area contributed by atoms with Gasteiger partial charge in [0.15, 0.2) is 0 Å². The van der Waals surface area contributed by atoms with E-state index in [2.05, 4.69) is 10.6 Å². The first-order chi connectivity index (χ1) is 16.6. The molecular weight excluding hydrogens is 428 g/mol. The van der Waals surface area contributed by atoms with Crippen molar-refractivity contribution in [2.45, 2.75) is 63.5 Å². The van der Waals surface area contributed by atoms with Crippen LogP contribution in [0.25, 0.3) is 10.8 Å². The summed E-state index contributed by atoms with van der Waals surface area (Å²) in [6.45, 7) is 1.63. The van der Waals surface area contributed by atoms with Crippen molar-refractivity contribution >= 4 is 28.5 Å². The molecule has 2 aromatic carbocycles. The highest BCUT2D eigenvalue weighted by Gasteiger charge is 2.41. The molecule has 2 atom stereocenters. The molecule has 1 aliphatic carbocycles. The Hall–Kier alpha value is -2.77. The van der Waals surface area contributed by atoms with Gasteiger partial charge in [-0.1, -0.05) is 55.3 Å². The van der Waals surface area contributed by atoms with Crippen LogP contribution in [0.1, 0.15) is 50.5 Å². The van der Waals surface area contributed by atoms with E-state index < -0.39 is 12.1 Å². The Morgan fingerprint density at radius 3 is 2.47 bits per heavy atom. The maximum absolute atomic E-state index is 13.7. The Morgan fingerprint density at radius 2 is 1.76 bits per heavy atom. The molecule has 3 amide bonds. The molecule has 7 heteroatoms. The van der Waals surface area contributed by atoms with Crippen molar-refractivity contribution in [1.82, 2.24) is 15.5 Å². The third-order valence-corrected chi connectivity index (χ3v) is 7.08. The molecule has 2 aliphatic rings. The summed E-state index contributed by atoms with van der Waals surface area (Å²) < 4.78 is 0. The van der Waals surface area contributed by atoms with Crippen LogP contribution < -0.4 is 16.4 Å². The van der Waals surface area contributed by atoms with Crippen molar-refractivity contribution < 1.29 is 14.4 Å². The fraction of sp³-hybridized carbons (Fsp3) is 0.519. The molecule has 0 radical (unpaired) electrons. The molecule has 1 saturated carbocycles. The number of nitrogens with zero attached hydrogens (tertiary/aromatic N) is 1. The van der Waals surface area contributed by atoms with E-state index in [4.69, 9.17) is 5.73 Å². The van der Waals surface area contributed by atoms with Crippen molar-refractivity contribution in [1.29, 1.82) is 0 Å². The maximum Gasteiger partial charge on any atom is 0.247 e. The van der Waals surface area contributed by atoms with Crippen LogP contribution in [0.2, 0.25) is 0 Å². The van der Waals surface area contributed by atoms with Crippen LogP contribution in [-0.4, -0.2) is 54.3 Å². The monoisotopic (exact) mass is 464 g/mol. The summed E-state index contributed by atoms with van der Waals surface area (Å²) >= 11 is 0. The molecule has 34 heavy (non-hydrogen) atoms. The normalized spacial score (nSPS) is 19.3. The molecule has 2 fully saturated rings. The average molecular weight is 465 g/mol. The zero-order chi connectivity index (χ0) is 23.9. The second kappa shape index (κ2) is 11.6. The molecule has 1 aliphatic heterocycles. The van der Waals surface area contributed by atoms with E-state index in [-0.39, 0.29) is 30.1 Å². The molecule has 0 aromatic heterocycles. The third kappa shape index (κ3) is 5.65. The number of nitrogens with two attached hydrogens (primary N) is 1. The van der Waals surface area contributed by atoms with Gasteiger partial charge < -0.3 is 16.4 Å². The average Bonchev–Trinajstić information content (AvgIpc) is 3.58. The summed E-state index contributed by atoms with van der Waals surface area (Å²) in [5.41, 5.74) is 6.54. The van der Waals surface area contributed by atoms with Gasteiger partial charge in [-0.2, -0.15) is 0 Å². The van der Waals surface area contributed by atoms with Crippen molar-refractivity contribution in [2.24, 2.45) is 11.7 Å². The lowest BCUT2D eigenvalue weighted by molar-refractivity contribution is -0.155. The number of hydrogen-bond acceptors (Lipinski definition) is 5. The Labute approximate surface area is 201 Å².